The van der Waals surface area contributed by atoms with Gasteiger partial charge in [-0.25, -0.2) is 9.67 Å². The van der Waals surface area contributed by atoms with Crippen LogP contribution in [0.4, 0.5) is 0 Å². The maximum Gasteiger partial charge on any atom is 0.164 e. The van der Waals surface area contributed by atoms with Gasteiger partial charge in [0.15, 0.2) is 5.82 Å². The first-order valence-corrected chi connectivity index (χ1v) is 7.68. The molecule has 112 valence electrons. The molecule has 0 fully saturated rings. The number of hydrogen-bond donors (Lipinski definition) is 1. The predicted molar refractivity (Wildman–Crippen MR) is 81.2 cm³/mol. The van der Waals surface area contributed by atoms with E-state index < -0.39 is 0 Å². The van der Waals surface area contributed by atoms with Gasteiger partial charge in [-0.3, -0.25) is 0 Å². The SMILES string of the molecule is CCNC1CCc2c(OCc3ncnn3CC)cccc21. The molecular formula is C16H22N4O. The Hall–Kier alpha value is -1.88. The second-order valence-corrected chi connectivity index (χ2v) is 5.25. The van der Waals surface area contributed by atoms with Crippen molar-refractivity contribution in [1.29, 1.82) is 0 Å². The lowest BCUT2D eigenvalue weighted by Crippen LogP contribution is -2.18. The molecule has 2 aromatic rings. The average Bonchev–Trinajstić information content (AvgIpc) is 3.12. The van der Waals surface area contributed by atoms with Crippen molar-refractivity contribution in [3.05, 3.63) is 41.5 Å². The molecule has 0 radical (unpaired) electrons. The van der Waals surface area contributed by atoms with E-state index in [9.17, 15) is 0 Å². The van der Waals surface area contributed by atoms with Crippen LogP contribution in [0.25, 0.3) is 0 Å². The molecule has 1 heterocycles. The van der Waals surface area contributed by atoms with Gasteiger partial charge < -0.3 is 10.1 Å². The lowest BCUT2D eigenvalue weighted by molar-refractivity contribution is 0.284. The van der Waals surface area contributed by atoms with Crippen LogP contribution in [0.2, 0.25) is 0 Å². The summed E-state index contributed by atoms with van der Waals surface area (Å²) in [4.78, 5) is 4.25. The zero-order chi connectivity index (χ0) is 14.7. The number of rotatable bonds is 6. The van der Waals surface area contributed by atoms with E-state index in [4.69, 9.17) is 4.74 Å². The van der Waals surface area contributed by atoms with E-state index in [0.717, 1.165) is 37.5 Å². The van der Waals surface area contributed by atoms with Crippen molar-refractivity contribution in [2.75, 3.05) is 6.54 Å². The third kappa shape index (κ3) is 2.78. The molecule has 1 unspecified atom stereocenters. The van der Waals surface area contributed by atoms with Gasteiger partial charge in [0.2, 0.25) is 0 Å². The van der Waals surface area contributed by atoms with E-state index in [1.54, 1.807) is 6.33 Å². The molecule has 1 aliphatic rings. The predicted octanol–water partition coefficient (Wildman–Crippen LogP) is 2.47. The Morgan fingerprint density at radius 1 is 1.38 bits per heavy atom. The number of nitrogens with one attached hydrogen (secondary N) is 1. The zero-order valence-corrected chi connectivity index (χ0v) is 12.7. The average molecular weight is 286 g/mol. The summed E-state index contributed by atoms with van der Waals surface area (Å²) in [6.45, 7) is 6.48. The van der Waals surface area contributed by atoms with Crippen LogP contribution in [-0.2, 0) is 19.6 Å². The van der Waals surface area contributed by atoms with Crippen molar-refractivity contribution in [1.82, 2.24) is 20.1 Å². The van der Waals surface area contributed by atoms with E-state index >= 15 is 0 Å². The van der Waals surface area contributed by atoms with E-state index in [0.29, 0.717) is 12.6 Å². The zero-order valence-electron chi connectivity index (χ0n) is 12.7. The number of fused-ring (bicyclic) bond motifs is 1. The van der Waals surface area contributed by atoms with E-state index in [-0.39, 0.29) is 0 Å². The fraction of sp³-hybridized carbons (Fsp3) is 0.500. The lowest BCUT2D eigenvalue weighted by atomic mass is 10.1. The highest BCUT2D eigenvalue weighted by molar-refractivity contribution is 5.45. The van der Waals surface area contributed by atoms with Crippen molar-refractivity contribution < 1.29 is 4.74 Å². The van der Waals surface area contributed by atoms with Crippen molar-refractivity contribution >= 4 is 0 Å². The molecule has 1 N–H and O–H groups in total. The van der Waals surface area contributed by atoms with Crippen LogP contribution in [0.5, 0.6) is 5.75 Å². The number of aromatic nitrogens is 3. The molecule has 0 saturated heterocycles. The molecule has 5 heteroatoms. The van der Waals surface area contributed by atoms with Crippen LogP contribution >= 0.6 is 0 Å². The summed E-state index contributed by atoms with van der Waals surface area (Å²) in [5.74, 6) is 1.86. The molecular weight excluding hydrogens is 264 g/mol. The molecule has 3 rings (SSSR count). The Balaban J connectivity index is 1.75. The molecule has 0 aliphatic heterocycles. The fourth-order valence-corrected chi connectivity index (χ4v) is 3.02. The molecule has 1 aromatic heterocycles. The summed E-state index contributed by atoms with van der Waals surface area (Å²) in [7, 11) is 0. The normalized spacial score (nSPS) is 17.0. The number of ether oxygens (including phenoxy) is 1. The van der Waals surface area contributed by atoms with Crippen molar-refractivity contribution in [2.45, 2.75) is 45.9 Å². The third-order valence-electron chi connectivity index (χ3n) is 4.03. The molecule has 0 amide bonds. The second kappa shape index (κ2) is 6.26. The van der Waals surface area contributed by atoms with Crippen LogP contribution in [0.1, 0.15) is 43.3 Å². The topological polar surface area (TPSA) is 52.0 Å². The number of hydrogen-bond acceptors (Lipinski definition) is 4. The molecule has 0 saturated carbocycles. The van der Waals surface area contributed by atoms with Crippen molar-refractivity contribution in [2.24, 2.45) is 0 Å². The van der Waals surface area contributed by atoms with Crippen LogP contribution in [0, 0.1) is 0 Å². The highest BCUT2D eigenvalue weighted by Gasteiger charge is 2.24. The Labute approximate surface area is 125 Å². The van der Waals surface area contributed by atoms with Crippen LogP contribution in [0.3, 0.4) is 0 Å². The van der Waals surface area contributed by atoms with E-state index in [2.05, 4.69) is 47.4 Å². The monoisotopic (exact) mass is 286 g/mol. The molecule has 0 bridgehead atoms. The van der Waals surface area contributed by atoms with Crippen molar-refractivity contribution in [3.63, 3.8) is 0 Å². The van der Waals surface area contributed by atoms with Gasteiger partial charge in [0, 0.05) is 12.6 Å². The Bertz CT molecular complexity index is 608. The molecule has 1 aromatic carbocycles. The minimum absolute atomic E-state index is 0.466. The van der Waals surface area contributed by atoms with Crippen LogP contribution in [-0.4, -0.2) is 21.3 Å². The summed E-state index contributed by atoms with van der Waals surface area (Å²) in [5.41, 5.74) is 2.72. The molecule has 21 heavy (non-hydrogen) atoms. The second-order valence-electron chi connectivity index (χ2n) is 5.25. The van der Waals surface area contributed by atoms with E-state index in [1.807, 2.05) is 4.68 Å². The fourth-order valence-electron chi connectivity index (χ4n) is 3.02. The lowest BCUT2D eigenvalue weighted by Gasteiger charge is -2.14. The van der Waals surface area contributed by atoms with Crippen LogP contribution in [0.15, 0.2) is 24.5 Å². The summed E-state index contributed by atoms with van der Waals surface area (Å²) in [5, 5.41) is 7.71. The number of aryl methyl sites for hydroxylation is 1. The summed E-state index contributed by atoms with van der Waals surface area (Å²) >= 11 is 0. The first kappa shape index (κ1) is 14.1. The molecule has 1 aliphatic carbocycles. The third-order valence-corrected chi connectivity index (χ3v) is 4.03. The maximum atomic E-state index is 6.01. The van der Waals surface area contributed by atoms with E-state index in [1.165, 1.54) is 11.1 Å². The largest absolute Gasteiger partial charge is 0.485 e. The van der Waals surface area contributed by atoms with Gasteiger partial charge in [-0.15, -0.1) is 0 Å². The Kier molecular flexibility index (Phi) is 4.20. The van der Waals surface area contributed by atoms with Gasteiger partial charge in [-0.05, 0) is 43.5 Å². The smallest absolute Gasteiger partial charge is 0.164 e. The first-order valence-electron chi connectivity index (χ1n) is 7.68. The minimum atomic E-state index is 0.466. The highest BCUT2D eigenvalue weighted by Crippen LogP contribution is 2.37. The summed E-state index contributed by atoms with van der Waals surface area (Å²) in [6, 6.07) is 6.80. The summed E-state index contributed by atoms with van der Waals surface area (Å²) in [6.07, 6.45) is 3.80. The summed E-state index contributed by atoms with van der Waals surface area (Å²) < 4.78 is 7.88. The Morgan fingerprint density at radius 2 is 2.29 bits per heavy atom. The quantitative estimate of drug-likeness (QED) is 0.886. The van der Waals surface area contributed by atoms with Crippen LogP contribution < -0.4 is 10.1 Å². The van der Waals surface area contributed by atoms with Gasteiger partial charge in [0.25, 0.3) is 0 Å². The van der Waals surface area contributed by atoms with Crippen molar-refractivity contribution in [3.8, 4) is 5.75 Å². The standard InChI is InChI=1S/C16H22N4O/c1-3-17-14-9-8-13-12(14)6-5-7-15(13)21-10-16-18-11-19-20(16)4-2/h5-7,11,14,17H,3-4,8-10H2,1-2H3. The van der Waals surface area contributed by atoms with Gasteiger partial charge >= 0.3 is 0 Å². The number of benzene rings is 1. The minimum Gasteiger partial charge on any atom is -0.485 e. The molecule has 5 nitrogen and oxygen atoms in total. The Morgan fingerprint density at radius 3 is 3.10 bits per heavy atom. The van der Waals surface area contributed by atoms with Gasteiger partial charge in [-0.2, -0.15) is 5.10 Å². The molecule has 0 spiro atoms. The highest BCUT2D eigenvalue weighted by atomic mass is 16.5. The van der Waals surface area contributed by atoms with Gasteiger partial charge in [0.1, 0.15) is 18.7 Å². The van der Waals surface area contributed by atoms with Gasteiger partial charge in [-0.1, -0.05) is 19.1 Å². The first-order chi connectivity index (χ1) is 10.3. The molecule has 1 atom stereocenters. The maximum absolute atomic E-state index is 6.01. The number of nitrogens with zero attached hydrogens (tertiary/aromatic N) is 3. The van der Waals surface area contributed by atoms with Gasteiger partial charge in [0.05, 0.1) is 0 Å².